The third-order valence-corrected chi connectivity index (χ3v) is 2.63. The molecule has 6 heteroatoms. The second-order valence-corrected chi connectivity index (χ2v) is 3.70. The minimum atomic E-state index is -0.218. The van der Waals surface area contributed by atoms with Crippen LogP contribution < -0.4 is 10.3 Å². The molecule has 2 heterocycles. The van der Waals surface area contributed by atoms with Gasteiger partial charge in [0.1, 0.15) is 11.3 Å². The highest BCUT2D eigenvalue weighted by Gasteiger charge is 2.09. The smallest absolute Gasteiger partial charge is 0.260 e. The Morgan fingerprint density at radius 1 is 1.33 bits per heavy atom. The van der Waals surface area contributed by atoms with Gasteiger partial charge in [-0.2, -0.15) is 5.10 Å². The molecule has 0 aliphatic carbocycles. The number of hydrogen-bond donors (Lipinski definition) is 1. The monoisotopic (exact) mass is 242 g/mol. The van der Waals surface area contributed by atoms with Crippen molar-refractivity contribution in [3.63, 3.8) is 0 Å². The van der Waals surface area contributed by atoms with Crippen molar-refractivity contribution in [1.29, 1.82) is 0 Å². The van der Waals surface area contributed by atoms with E-state index in [4.69, 9.17) is 4.74 Å². The van der Waals surface area contributed by atoms with Crippen molar-refractivity contribution in [3.8, 4) is 11.7 Å². The minimum absolute atomic E-state index is 0.218. The topological polar surface area (TPSA) is 72.8 Å². The lowest BCUT2D eigenvalue weighted by atomic mass is 10.2. The highest BCUT2D eigenvalue weighted by molar-refractivity contribution is 5.83. The number of methoxy groups -OCH3 is 1. The molecule has 3 aromatic rings. The summed E-state index contributed by atoms with van der Waals surface area (Å²) in [7, 11) is 1.55. The van der Waals surface area contributed by atoms with Crippen molar-refractivity contribution in [1.82, 2.24) is 19.7 Å². The number of hydrogen-bond acceptors (Lipinski definition) is 4. The lowest BCUT2D eigenvalue weighted by Gasteiger charge is -2.06. The lowest BCUT2D eigenvalue weighted by molar-refractivity contribution is 0.418. The maximum Gasteiger partial charge on any atom is 0.260 e. The molecule has 2 aromatic heterocycles. The summed E-state index contributed by atoms with van der Waals surface area (Å²) in [5.41, 5.74) is 0.304. The van der Waals surface area contributed by atoms with Crippen molar-refractivity contribution in [2.24, 2.45) is 0 Å². The number of aromatic amines is 1. The van der Waals surface area contributed by atoms with Crippen molar-refractivity contribution in [3.05, 3.63) is 47.0 Å². The number of nitrogens with one attached hydrogen (secondary N) is 1. The van der Waals surface area contributed by atoms with E-state index in [1.807, 2.05) is 0 Å². The molecule has 0 saturated carbocycles. The van der Waals surface area contributed by atoms with Gasteiger partial charge in [-0.3, -0.25) is 9.78 Å². The maximum absolute atomic E-state index is 12.0. The molecule has 3 rings (SSSR count). The molecule has 0 saturated heterocycles. The Morgan fingerprint density at radius 2 is 2.22 bits per heavy atom. The Balaban J connectivity index is 2.35. The lowest BCUT2D eigenvalue weighted by Crippen LogP contribution is -2.14. The molecule has 1 aromatic carbocycles. The van der Waals surface area contributed by atoms with Crippen LogP contribution in [0, 0.1) is 0 Å². The van der Waals surface area contributed by atoms with Gasteiger partial charge in [0, 0.05) is 12.4 Å². The first-order chi connectivity index (χ1) is 8.79. The molecule has 90 valence electrons. The Kier molecular flexibility index (Phi) is 2.33. The normalized spacial score (nSPS) is 10.7. The van der Waals surface area contributed by atoms with E-state index in [-0.39, 0.29) is 5.56 Å². The first kappa shape index (κ1) is 10.5. The van der Waals surface area contributed by atoms with E-state index in [2.05, 4.69) is 15.1 Å². The predicted octanol–water partition coefficient (Wildman–Crippen LogP) is 1.12. The van der Waals surface area contributed by atoms with Crippen LogP contribution in [0.15, 0.2) is 41.5 Å². The van der Waals surface area contributed by atoms with Gasteiger partial charge in [0.2, 0.25) is 5.95 Å². The van der Waals surface area contributed by atoms with Gasteiger partial charge in [0.15, 0.2) is 0 Å². The van der Waals surface area contributed by atoms with Gasteiger partial charge in [0.25, 0.3) is 5.56 Å². The van der Waals surface area contributed by atoms with Gasteiger partial charge < -0.3 is 4.74 Å². The second kappa shape index (κ2) is 3.99. The van der Waals surface area contributed by atoms with Crippen LogP contribution in [0.25, 0.3) is 16.9 Å². The standard InChI is InChI=1S/C12H10N4O2/c1-18-9-5-2-4-8-10(9)14-12(15-11(8)17)16-7-3-6-13-16/h2-7H,1H3,(H,14,15,17). The van der Waals surface area contributed by atoms with Gasteiger partial charge in [-0.15, -0.1) is 0 Å². The summed E-state index contributed by atoms with van der Waals surface area (Å²) in [5.74, 6) is 0.925. The van der Waals surface area contributed by atoms with Gasteiger partial charge in [-0.1, -0.05) is 6.07 Å². The fourth-order valence-electron chi connectivity index (χ4n) is 1.79. The molecule has 0 unspecified atom stereocenters. The zero-order valence-corrected chi connectivity index (χ0v) is 9.62. The summed E-state index contributed by atoms with van der Waals surface area (Å²) in [6.07, 6.45) is 3.33. The second-order valence-electron chi connectivity index (χ2n) is 3.70. The van der Waals surface area contributed by atoms with Gasteiger partial charge >= 0.3 is 0 Å². The Hall–Kier alpha value is -2.63. The van der Waals surface area contributed by atoms with Crippen LogP contribution in [0.4, 0.5) is 0 Å². The van der Waals surface area contributed by atoms with Crippen molar-refractivity contribution in [2.45, 2.75) is 0 Å². The molecule has 0 radical (unpaired) electrons. The minimum Gasteiger partial charge on any atom is -0.494 e. The molecular formula is C12H10N4O2. The number of aromatic nitrogens is 4. The van der Waals surface area contributed by atoms with Crippen molar-refractivity contribution < 1.29 is 4.74 Å². The zero-order chi connectivity index (χ0) is 12.5. The summed E-state index contributed by atoms with van der Waals surface area (Å²) >= 11 is 0. The molecular weight excluding hydrogens is 232 g/mol. The summed E-state index contributed by atoms with van der Waals surface area (Å²) in [4.78, 5) is 19.0. The van der Waals surface area contributed by atoms with Crippen LogP contribution in [0.3, 0.4) is 0 Å². The summed E-state index contributed by atoms with van der Waals surface area (Å²) < 4.78 is 6.70. The SMILES string of the molecule is COc1cccc2c(=O)[nH]c(-n3cccn3)nc12. The van der Waals surface area contributed by atoms with Gasteiger partial charge in [0.05, 0.1) is 12.5 Å². The van der Waals surface area contributed by atoms with Crippen molar-refractivity contribution >= 4 is 10.9 Å². The maximum atomic E-state index is 12.0. The predicted molar refractivity (Wildman–Crippen MR) is 66.0 cm³/mol. The van der Waals surface area contributed by atoms with E-state index < -0.39 is 0 Å². The van der Waals surface area contributed by atoms with E-state index in [1.54, 1.807) is 43.8 Å². The van der Waals surface area contributed by atoms with E-state index in [1.165, 1.54) is 4.68 Å². The number of ether oxygens (including phenoxy) is 1. The highest BCUT2D eigenvalue weighted by Crippen LogP contribution is 2.20. The van der Waals surface area contributed by atoms with E-state index >= 15 is 0 Å². The Labute approximate surface area is 102 Å². The number of rotatable bonds is 2. The van der Waals surface area contributed by atoms with E-state index in [9.17, 15) is 4.79 Å². The van der Waals surface area contributed by atoms with E-state index in [0.717, 1.165) is 0 Å². The number of H-pyrrole nitrogens is 1. The molecule has 1 N–H and O–H groups in total. The molecule has 0 aliphatic heterocycles. The zero-order valence-electron chi connectivity index (χ0n) is 9.62. The van der Waals surface area contributed by atoms with Crippen molar-refractivity contribution in [2.75, 3.05) is 7.11 Å². The Morgan fingerprint density at radius 3 is 2.94 bits per heavy atom. The number of benzene rings is 1. The summed E-state index contributed by atoms with van der Waals surface area (Å²) in [5, 5.41) is 4.52. The van der Waals surface area contributed by atoms with Crippen LogP contribution in [-0.2, 0) is 0 Å². The third kappa shape index (κ3) is 1.55. The fraction of sp³-hybridized carbons (Fsp3) is 0.0833. The average Bonchev–Trinajstić information content (AvgIpc) is 2.92. The quantitative estimate of drug-likeness (QED) is 0.730. The van der Waals surface area contributed by atoms with Gasteiger partial charge in [-0.05, 0) is 18.2 Å². The molecule has 6 nitrogen and oxygen atoms in total. The number of fused-ring (bicyclic) bond motifs is 1. The fourth-order valence-corrected chi connectivity index (χ4v) is 1.79. The van der Waals surface area contributed by atoms with Crippen LogP contribution >= 0.6 is 0 Å². The molecule has 0 spiro atoms. The largest absolute Gasteiger partial charge is 0.494 e. The van der Waals surface area contributed by atoms with Gasteiger partial charge in [-0.25, -0.2) is 9.67 Å². The third-order valence-electron chi connectivity index (χ3n) is 2.63. The molecule has 18 heavy (non-hydrogen) atoms. The van der Waals surface area contributed by atoms with E-state index in [0.29, 0.717) is 22.6 Å². The van der Waals surface area contributed by atoms with Crippen LogP contribution in [-0.4, -0.2) is 26.9 Å². The van der Waals surface area contributed by atoms with Crippen LogP contribution in [0.5, 0.6) is 5.75 Å². The first-order valence-electron chi connectivity index (χ1n) is 5.36. The van der Waals surface area contributed by atoms with Crippen LogP contribution in [0.2, 0.25) is 0 Å². The first-order valence-corrected chi connectivity index (χ1v) is 5.36. The Bertz CT molecular complexity index is 746. The number of nitrogens with zero attached hydrogens (tertiary/aromatic N) is 3. The summed E-state index contributed by atoms with van der Waals surface area (Å²) in [6, 6.07) is 6.98. The van der Waals surface area contributed by atoms with Crippen LogP contribution in [0.1, 0.15) is 0 Å². The average molecular weight is 242 g/mol. The summed E-state index contributed by atoms with van der Waals surface area (Å²) in [6.45, 7) is 0. The molecule has 0 aliphatic rings. The molecule has 0 bridgehead atoms. The molecule has 0 amide bonds. The molecule has 0 atom stereocenters. The number of para-hydroxylation sites is 1. The molecule has 0 fully saturated rings. The highest BCUT2D eigenvalue weighted by atomic mass is 16.5.